The second-order valence-corrected chi connectivity index (χ2v) is 8.81. The van der Waals surface area contributed by atoms with Crippen LogP contribution in [0.1, 0.15) is 41.6 Å². The number of amides is 1. The Balaban J connectivity index is 1.37. The van der Waals surface area contributed by atoms with Gasteiger partial charge < -0.3 is 9.64 Å². The highest BCUT2D eigenvalue weighted by molar-refractivity contribution is 6.00. The molecular formula is C26H26FN3O2. The summed E-state index contributed by atoms with van der Waals surface area (Å²) in [5, 5.41) is 0. The van der Waals surface area contributed by atoms with Gasteiger partial charge in [0.2, 0.25) is 0 Å². The van der Waals surface area contributed by atoms with Crippen LogP contribution in [0.2, 0.25) is 0 Å². The highest BCUT2D eigenvalue weighted by Gasteiger charge is 2.46. The van der Waals surface area contributed by atoms with Gasteiger partial charge in [-0.1, -0.05) is 17.7 Å². The number of carbonyl (C=O) groups excluding carboxylic acids is 1. The molecule has 2 aromatic carbocycles. The molecule has 3 aliphatic rings. The molecule has 6 rings (SSSR count). The molecule has 6 heteroatoms. The van der Waals surface area contributed by atoms with E-state index in [1.54, 1.807) is 30.6 Å². The summed E-state index contributed by atoms with van der Waals surface area (Å²) in [6.45, 7) is 2.48. The van der Waals surface area contributed by atoms with Gasteiger partial charge in [-0.15, -0.1) is 0 Å². The van der Waals surface area contributed by atoms with E-state index in [0.29, 0.717) is 29.7 Å². The third-order valence-electron chi connectivity index (χ3n) is 6.58. The second kappa shape index (κ2) is 8.69. The summed E-state index contributed by atoms with van der Waals surface area (Å²) >= 11 is 0. The Morgan fingerprint density at radius 2 is 1.84 bits per heavy atom. The smallest absolute Gasteiger partial charge is 0.255 e. The van der Waals surface area contributed by atoms with Crippen molar-refractivity contribution in [2.75, 3.05) is 6.61 Å². The fourth-order valence-electron chi connectivity index (χ4n) is 4.96. The Bertz CT molecular complexity index is 1100. The van der Waals surface area contributed by atoms with Crippen LogP contribution in [-0.2, 0) is 0 Å². The van der Waals surface area contributed by atoms with Crippen LogP contribution in [0.3, 0.4) is 0 Å². The van der Waals surface area contributed by atoms with Crippen LogP contribution in [0.5, 0.6) is 5.75 Å². The SMILES string of the molecule is Cc1ccc(-c2ncccn2)c(C(=O)N2C3CC(C3)C[C@H]2CCOc2ccc(F)cc2)c1. The number of hydrogen-bond donors (Lipinski definition) is 0. The first-order chi connectivity index (χ1) is 15.6. The maximum Gasteiger partial charge on any atom is 0.255 e. The van der Waals surface area contributed by atoms with Crippen LogP contribution in [-0.4, -0.2) is 39.5 Å². The first-order valence-corrected chi connectivity index (χ1v) is 11.2. The number of fused-ring (bicyclic) bond motifs is 2. The van der Waals surface area contributed by atoms with Crippen LogP contribution >= 0.6 is 0 Å². The van der Waals surface area contributed by atoms with Gasteiger partial charge in [0.05, 0.1) is 12.2 Å². The molecule has 1 saturated carbocycles. The lowest BCUT2D eigenvalue weighted by atomic mass is 9.69. The number of rotatable bonds is 6. The van der Waals surface area contributed by atoms with Crippen LogP contribution < -0.4 is 4.74 Å². The molecule has 0 radical (unpaired) electrons. The molecule has 2 bridgehead atoms. The normalized spacial score (nSPS) is 21.7. The molecule has 5 nitrogen and oxygen atoms in total. The van der Waals surface area contributed by atoms with E-state index in [2.05, 4.69) is 14.9 Å². The van der Waals surface area contributed by atoms with Gasteiger partial charge in [-0.05, 0) is 68.5 Å². The third kappa shape index (κ3) is 4.09. The molecule has 2 aliphatic heterocycles. The number of benzene rings is 2. The Morgan fingerprint density at radius 3 is 2.59 bits per heavy atom. The molecular weight excluding hydrogens is 405 g/mol. The van der Waals surface area contributed by atoms with Crippen molar-refractivity contribution in [2.24, 2.45) is 5.92 Å². The van der Waals surface area contributed by atoms with Gasteiger partial charge in [0.15, 0.2) is 5.82 Å². The van der Waals surface area contributed by atoms with Crippen molar-refractivity contribution < 1.29 is 13.9 Å². The van der Waals surface area contributed by atoms with Crippen molar-refractivity contribution in [1.29, 1.82) is 0 Å². The van der Waals surface area contributed by atoms with E-state index < -0.39 is 0 Å². The topological polar surface area (TPSA) is 55.3 Å². The summed E-state index contributed by atoms with van der Waals surface area (Å²) in [5.74, 6) is 1.67. The second-order valence-electron chi connectivity index (χ2n) is 8.81. The van der Waals surface area contributed by atoms with Gasteiger partial charge in [-0.3, -0.25) is 4.79 Å². The van der Waals surface area contributed by atoms with Crippen LogP contribution in [0.4, 0.5) is 4.39 Å². The van der Waals surface area contributed by atoms with Crippen LogP contribution in [0, 0.1) is 18.7 Å². The number of piperidine rings is 2. The van der Waals surface area contributed by atoms with Crippen LogP contribution in [0.25, 0.3) is 11.4 Å². The predicted octanol–water partition coefficient (Wildman–Crippen LogP) is 5.05. The minimum absolute atomic E-state index is 0.0473. The Hall–Kier alpha value is -3.28. The molecule has 2 saturated heterocycles. The molecule has 1 atom stereocenters. The van der Waals surface area contributed by atoms with Gasteiger partial charge in [-0.2, -0.15) is 0 Å². The average Bonchev–Trinajstić information content (AvgIpc) is 2.80. The Labute approximate surface area is 187 Å². The first-order valence-electron chi connectivity index (χ1n) is 11.2. The van der Waals surface area contributed by atoms with Crippen LogP contribution in [0.15, 0.2) is 60.9 Å². The number of carbonyl (C=O) groups is 1. The van der Waals surface area contributed by atoms with E-state index in [1.165, 1.54) is 12.1 Å². The molecule has 32 heavy (non-hydrogen) atoms. The van der Waals surface area contributed by atoms with E-state index in [4.69, 9.17) is 4.74 Å². The lowest BCUT2D eigenvalue weighted by Crippen LogP contribution is -2.59. The summed E-state index contributed by atoms with van der Waals surface area (Å²) in [5.41, 5.74) is 2.46. The number of aromatic nitrogens is 2. The Kier molecular flexibility index (Phi) is 5.60. The predicted molar refractivity (Wildman–Crippen MR) is 120 cm³/mol. The largest absolute Gasteiger partial charge is 0.494 e. The highest BCUT2D eigenvalue weighted by atomic mass is 19.1. The van der Waals surface area contributed by atoms with Gasteiger partial charge in [0, 0.05) is 36.5 Å². The van der Waals surface area contributed by atoms with Gasteiger partial charge in [0.25, 0.3) is 5.91 Å². The third-order valence-corrected chi connectivity index (χ3v) is 6.58. The molecule has 0 N–H and O–H groups in total. The zero-order chi connectivity index (χ0) is 22.1. The molecule has 1 amide bonds. The standard InChI is InChI=1S/C26H26FN3O2/c1-17-3-8-23(25-28-10-2-11-29-25)24(13-17)26(31)30-20(14-18-15-21(30)16-18)9-12-32-22-6-4-19(27)5-7-22/h2-8,10-11,13,18,20-21H,9,12,14-16H2,1H3/t18?,20-,21?/m1/s1. The van der Waals surface area contributed by atoms with Crippen molar-refractivity contribution in [1.82, 2.24) is 14.9 Å². The van der Waals surface area contributed by atoms with Gasteiger partial charge in [-0.25, -0.2) is 14.4 Å². The number of halogens is 1. The van der Waals surface area contributed by atoms with Gasteiger partial charge >= 0.3 is 0 Å². The zero-order valence-corrected chi connectivity index (χ0v) is 18.1. The van der Waals surface area contributed by atoms with Crippen molar-refractivity contribution in [3.63, 3.8) is 0 Å². The van der Waals surface area contributed by atoms with E-state index >= 15 is 0 Å². The van der Waals surface area contributed by atoms with E-state index in [-0.39, 0.29) is 23.8 Å². The van der Waals surface area contributed by atoms with Crippen molar-refractivity contribution in [3.8, 4) is 17.1 Å². The highest BCUT2D eigenvalue weighted by Crippen LogP contribution is 2.44. The van der Waals surface area contributed by atoms with Crippen molar-refractivity contribution >= 4 is 5.91 Å². The van der Waals surface area contributed by atoms with E-state index in [9.17, 15) is 9.18 Å². The average molecular weight is 432 g/mol. The number of hydrogen-bond acceptors (Lipinski definition) is 4. The molecule has 0 spiro atoms. The summed E-state index contributed by atoms with van der Waals surface area (Å²) in [4.78, 5) is 24.7. The number of ether oxygens (including phenoxy) is 1. The van der Waals surface area contributed by atoms with E-state index in [0.717, 1.165) is 36.8 Å². The fraction of sp³-hybridized carbons (Fsp3) is 0.346. The van der Waals surface area contributed by atoms with Crippen molar-refractivity contribution in [3.05, 3.63) is 77.9 Å². The maximum absolute atomic E-state index is 13.9. The molecule has 3 fully saturated rings. The summed E-state index contributed by atoms with van der Waals surface area (Å²) in [6, 6.07) is 14.1. The molecule has 1 aliphatic carbocycles. The molecule has 1 aromatic heterocycles. The number of nitrogens with zero attached hydrogens (tertiary/aromatic N) is 3. The maximum atomic E-state index is 13.9. The molecule has 3 aromatic rings. The fourth-order valence-corrected chi connectivity index (χ4v) is 4.96. The monoisotopic (exact) mass is 431 g/mol. The summed E-state index contributed by atoms with van der Waals surface area (Å²) in [7, 11) is 0. The molecule has 164 valence electrons. The zero-order valence-electron chi connectivity index (χ0n) is 18.1. The first kappa shape index (κ1) is 20.6. The van der Waals surface area contributed by atoms with E-state index in [1.807, 2.05) is 25.1 Å². The summed E-state index contributed by atoms with van der Waals surface area (Å²) in [6.07, 6.45) is 7.29. The Morgan fingerprint density at radius 1 is 1.09 bits per heavy atom. The number of aryl methyl sites for hydroxylation is 1. The summed E-state index contributed by atoms with van der Waals surface area (Å²) < 4.78 is 19.0. The molecule has 0 unspecified atom stereocenters. The van der Waals surface area contributed by atoms with Gasteiger partial charge in [0.1, 0.15) is 11.6 Å². The minimum atomic E-state index is -0.280. The minimum Gasteiger partial charge on any atom is -0.494 e. The quantitative estimate of drug-likeness (QED) is 0.548. The lowest BCUT2D eigenvalue weighted by Gasteiger charge is -2.54. The lowest BCUT2D eigenvalue weighted by molar-refractivity contribution is -0.0232. The van der Waals surface area contributed by atoms with Crippen molar-refractivity contribution in [2.45, 2.75) is 44.7 Å². The molecule has 3 heterocycles.